The molecular weight excluding hydrogens is 295 g/mol. The van der Waals surface area contributed by atoms with Gasteiger partial charge in [-0.3, -0.25) is 4.72 Å². The second-order valence-corrected chi connectivity index (χ2v) is 7.79. The highest BCUT2D eigenvalue weighted by Crippen LogP contribution is 2.19. The smallest absolute Gasteiger partial charge is 0.238 e. The van der Waals surface area contributed by atoms with Crippen LogP contribution in [0.5, 0.6) is 0 Å². The van der Waals surface area contributed by atoms with Crippen molar-refractivity contribution in [2.45, 2.75) is 18.7 Å². The second kappa shape index (κ2) is 5.43. The Balaban J connectivity index is 3.06. The fourth-order valence-corrected chi connectivity index (χ4v) is 3.39. The number of halogens is 1. The molecule has 1 aromatic carbocycles. The summed E-state index contributed by atoms with van der Waals surface area (Å²) in [6, 6.07) is 2.72. The number of primary sulfonamides is 1. The van der Waals surface area contributed by atoms with Crippen LogP contribution in [-0.2, 0) is 20.0 Å². The van der Waals surface area contributed by atoms with Gasteiger partial charge in [0.2, 0.25) is 20.0 Å². The summed E-state index contributed by atoms with van der Waals surface area (Å²) >= 11 is 0. The Labute approximate surface area is 111 Å². The first-order valence-corrected chi connectivity index (χ1v) is 8.54. The van der Waals surface area contributed by atoms with Crippen LogP contribution < -0.4 is 9.86 Å². The number of rotatable bonds is 5. The third-order valence-corrected chi connectivity index (χ3v) is 4.63. The number of nitrogens with one attached hydrogen (secondary N) is 1. The molecule has 9 heteroatoms. The maximum absolute atomic E-state index is 13.6. The van der Waals surface area contributed by atoms with Crippen molar-refractivity contribution in [1.82, 2.24) is 0 Å². The monoisotopic (exact) mass is 310 g/mol. The minimum Gasteiger partial charge on any atom is -0.281 e. The maximum atomic E-state index is 13.6. The standard InChI is InChI=1S/C10H15FN2O4S2/c1-7(2)6-18(14,15)13-10-4-3-8(5-9(10)11)19(12,16)17/h3-5,7,13H,6H2,1-2H3,(H2,12,16,17). The van der Waals surface area contributed by atoms with Gasteiger partial charge in [-0.2, -0.15) is 0 Å². The van der Waals surface area contributed by atoms with Crippen molar-refractivity contribution in [2.24, 2.45) is 11.1 Å². The molecule has 0 spiro atoms. The van der Waals surface area contributed by atoms with E-state index in [9.17, 15) is 21.2 Å². The maximum Gasteiger partial charge on any atom is 0.238 e. The van der Waals surface area contributed by atoms with E-state index in [-0.39, 0.29) is 17.4 Å². The number of sulfonamides is 2. The van der Waals surface area contributed by atoms with Crippen LogP contribution in [-0.4, -0.2) is 22.6 Å². The SMILES string of the molecule is CC(C)CS(=O)(=O)Nc1ccc(S(N)(=O)=O)cc1F. The van der Waals surface area contributed by atoms with E-state index in [1.54, 1.807) is 13.8 Å². The topological polar surface area (TPSA) is 106 Å². The first-order chi connectivity index (χ1) is 8.51. The van der Waals surface area contributed by atoms with E-state index < -0.39 is 30.8 Å². The summed E-state index contributed by atoms with van der Waals surface area (Å²) < 4.78 is 60.9. The highest BCUT2D eigenvalue weighted by atomic mass is 32.2. The number of hydrogen-bond donors (Lipinski definition) is 2. The fraction of sp³-hybridized carbons (Fsp3) is 0.400. The van der Waals surface area contributed by atoms with Gasteiger partial charge in [0.05, 0.1) is 16.3 Å². The van der Waals surface area contributed by atoms with Gasteiger partial charge in [0, 0.05) is 0 Å². The fourth-order valence-electron chi connectivity index (χ4n) is 1.40. The summed E-state index contributed by atoms with van der Waals surface area (Å²) in [6.07, 6.45) is 0. The van der Waals surface area contributed by atoms with E-state index in [0.29, 0.717) is 6.07 Å². The van der Waals surface area contributed by atoms with Gasteiger partial charge in [0.1, 0.15) is 5.82 Å². The molecule has 1 rings (SSSR count). The van der Waals surface area contributed by atoms with Crippen LogP contribution in [0.15, 0.2) is 23.1 Å². The molecule has 0 atom stereocenters. The lowest BCUT2D eigenvalue weighted by Gasteiger charge is -2.11. The molecule has 3 N–H and O–H groups in total. The van der Waals surface area contributed by atoms with Crippen molar-refractivity contribution in [3.63, 3.8) is 0 Å². The highest BCUT2D eigenvalue weighted by Gasteiger charge is 2.17. The third-order valence-electron chi connectivity index (χ3n) is 2.09. The van der Waals surface area contributed by atoms with Crippen molar-refractivity contribution < 1.29 is 21.2 Å². The Bertz CT molecular complexity index is 669. The number of benzene rings is 1. The lowest BCUT2D eigenvalue weighted by Crippen LogP contribution is -2.21. The third kappa shape index (κ3) is 4.77. The molecule has 0 aliphatic rings. The molecular formula is C10H15FN2O4S2. The van der Waals surface area contributed by atoms with Gasteiger partial charge in [0.25, 0.3) is 0 Å². The largest absolute Gasteiger partial charge is 0.281 e. The van der Waals surface area contributed by atoms with Crippen LogP contribution in [0.2, 0.25) is 0 Å². The van der Waals surface area contributed by atoms with E-state index in [2.05, 4.69) is 4.72 Å². The Morgan fingerprint density at radius 2 is 1.84 bits per heavy atom. The summed E-state index contributed by atoms with van der Waals surface area (Å²) in [5.41, 5.74) is -0.312. The van der Waals surface area contributed by atoms with Gasteiger partial charge in [-0.1, -0.05) is 13.8 Å². The quantitative estimate of drug-likeness (QED) is 0.841. The lowest BCUT2D eigenvalue weighted by molar-refractivity contribution is 0.585. The average molecular weight is 310 g/mol. The van der Waals surface area contributed by atoms with E-state index in [1.165, 1.54) is 0 Å². The average Bonchev–Trinajstić information content (AvgIpc) is 2.16. The van der Waals surface area contributed by atoms with Gasteiger partial charge < -0.3 is 0 Å². The van der Waals surface area contributed by atoms with E-state index >= 15 is 0 Å². The van der Waals surface area contributed by atoms with Crippen molar-refractivity contribution in [2.75, 3.05) is 10.5 Å². The van der Waals surface area contributed by atoms with Crippen molar-refractivity contribution in [1.29, 1.82) is 0 Å². The second-order valence-electron chi connectivity index (χ2n) is 4.46. The normalized spacial score (nSPS) is 12.7. The summed E-state index contributed by atoms with van der Waals surface area (Å²) in [4.78, 5) is -0.420. The molecule has 0 aliphatic carbocycles. The van der Waals surface area contributed by atoms with Gasteiger partial charge in [0.15, 0.2) is 0 Å². The molecule has 0 saturated carbocycles. The predicted octanol–water partition coefficient (Wildman–Crippen LogP) is 0.871. The molecule has 0 aliphatic heterocycles. The van der Waals surface area contributed by atoms with E-state index in [4.69, 9.17) is 5.14 Å². The van der Waals surface area contributed by atoms with Gasteiger partial charge in [-0.25, -0.2) is 26.4 Å². The summed E-state index contributed by atoms with van der Waals surface area (Å²) in [7, 11) is -7.70. The van der Waals surface area contributed by atoms with Gasteiger partial charge in [-0.05, 0) is 24.1 Å². The molecule has 0 radical (unpaired) electrons. The van der Waals surface area contributed by atoms with Crippen molar-refractivity contribution in [3.8, 4) is 0 Å². The van der Waals surface area contributed by atoms with Gasteiger partial charge >= 0.3 is 0 Å². The van der Waals surface area contributed by atoms with Crippen LogP contribution in [0, 0.1) is 11.7 Å². The zero-order chi connectivity index (χ0) is 14.8. The molecule has 0 saturated heterocycles. The molecule has 0 bridgehead atoms. The first kappa shape index (κ1) is 15.9. The van der Waals surface area contributed by atoms with Crippen LogP contribution >= 0.6 is 0 Å². The van der Waals surface area contributed by atoms with Crippen molar-refractivity contribution >= 4 is 25.7 Å². The Hall–Kier alpha value is -1.19. The summed E-state index contributed by atoms with van der Waals surface area (Å²) in [6.45, 7) is 3.42. The minimum absolute atomic E-state index is 0.121. The molecule has 0 aromatic heterocycles. The van der Waals surface area contributed by atoms with Gasteiger partial charge in [-0.15, -0.1) is 0 Å². The molecule has 1 aromatic rings. The van der Waals surface area contributed by atoms with Crippen LogP contribution in [0.3, 0.4) is 0 Å². The molecule has 0 unspecified atom stereocenters. The van der Waals surface area contributed by atoms with E-state index in [1.807, 2.05) is 0 Å². The number of nitrogens with two attached hydrogens (primary N) is 1. The zero-order valence-corrected chi connectivity index (χ0v) is 12.1. The summed E-state index contributed by atoms with van der Waals surface area (Å²) in [5, 5.41) is 4.84. The number of hydrogen-bond acceptors (Lipinski definition) is 4. The molecule has 108 valence electrons. The number of anilines is 1. The molecule has 0 fully saturated rings. The predicted molar refractivity (Wildman–Crippen MR) is 70.0 cm³/mol. The van der Waals surface area contributed by atoms with Crippen LogP contribution in [0.1, 0.15) is 13.8 Å². The molecule has 19 heavy (non-hydrogen) atoms. The Morgan fingerprint density at radius 3 is 2.26 bits per heavy atom. The summed E-state index contributed by atoms with van der Waals surface area (Å²) in [5.74, 6) is -1.29. The first-order valence-electron chi connectivity index (χ1n) is 5.34. The molecule has 6 nitrogen and oxygen atoms in total. The van der Waals surface area contributed by atoms with Crippen LogP contribution in [0.25, 0.3) is 0 Å². The zero-order valence-electron chi connectivity index (χ0n) is 10.4. The lowest BCUT2D eigenvalue weighted by atomic mass is 10.3. The minimum atomic E-state index is -4.02. The Kier molecular flexibility index (Phi) is 4.54. The molecule has 0 amide bonds. The Morgan fingerprint density at radius 1 is 1.26 bits per heavy atom. The van der Waals surface area contributed by atoms with Crippen LogP contribution in [0.4, 0.5) is 10.1 Å². The van der Waals surface area contributed by atoms with E-state index in [0.717, 1.165) is 12.1 Å². The highest BCUT2D eigenvalue weighted by molar-refractivity contribution is 7.92. The molecule has 0 heterocycles. The van der Waals surface area contributed by atoms with Crippen molar-refractivity contribution in [3.05, 3.63) is 24.0 Å².